The van der Waals surface area contributed by atoms with E-state index in [-0.39, 0.29) is 5.91 Å². The first-order valence-corrected chi connectivity index (χ1v) is 6.06. The van der Waals surface area contributed by atoms with Crippen LogP contribution in [-0.4, -0.2) is 15.9 Å². The highest BCUT2D eigenvalue weighted by molar-refractivity contribution is 5.86. The summed E-state index contributed by atoms with van der Waals surface area (Å²) >= 11 is 0. The van der Waals surface area contributed by atoms with E-state index in [4.69, 9.17) is 0 Å². The van der Waals surface area contributed by atoms with Gasteiger partial charge in [-0.3, -0.25) is 10.1 Å². The smallest absolute Gasteiger partial charge is 0.229 e. The molecule has 1 fully saturated rings. The standard InChI is InChI=1S/C13H17N3O/c1-6-10-9(5-8-11(10)13(8,3)4)16-12(14-6)15-7(2)17/h8,11H,5H2,1-4H3,(H,14,15,16,17)/t8-,11+/m0/s1. The Hall–Kier alpha value is -1.45. The summed E-state index contributed by atoms with van der Waals surface area (Å²) in [5.74, 6) is 1.68. The largest absolute Gasteiger partial charge is 0.295 e. The van der Waals surface area contributed by atoms with Crippen molar-refractivity contribution in [2.45, 2.75) is 40.0 Å². The van der Waals surface area contributed by atoms with Crippen LogP contribution in [0.3, 0.4) is 0 Å². The van der Waals surface area contributed by atoms with Gasteiger partial charge in [0, 0.05) is 12.6 Å². The highest BCUT2D eigenvalue weighted by atomic mass is 16.1. The molecular weight excluding hydrogens is 214 g/mol. The Bertz CT molecular complexity index is 522. The van der Waals surface area contributed by atoms with Gasteiger partial charge in [0.1, 0.15) is 0 Å². The summed E-state index contributed by atoms with van der Waals surface area (Å²) in [5.41, 5.74) is 3.90. The molecule has 2 atom stereocenters. The Morgan fingerprint density at radius 1 is 1.41 bits per heavy atom. The molecule has 1 aromatic heterocycles. The number of aromatic nitrogens is 2. The van der Waals surface area contributed by atoms with Crippen molar-refractivity contribution >= 4 is 11.9 Å². The summed E-state index contributed by atoms with van der Waals surface area (Å²) in [5, 5.41) is 2.66. The van der Waals surface area contributed by atoms with Crippen LogP contribution in [0.1, 0.15) is 43.6 Å². The van der Waals surface area contributed by atoms with E-state index in [0.29, 0.717) is 17.3 Å². The van der Waals surface area contributed by atoms with Crippen molar-refractivity contribution in [2.75, 3.05) is 5.32 Å². The molecule has 90 valence electrons. The predicted molar refractivity (Wildman–Crippen MR) is 64.8 cm³/mol. The molecule has 0 bridgehead atoms. The molecule has 1 heterocycles. The Balaban J connectivity index is 2.00. The molecule has 0 unspecified atom stereocenters. The van der Waals surface area contributed by atoms with Crippen molar-refractivity contribution in [3.8, 4) is 0 Å². The zero-order valence-corrected chi connectivity index (χ0v) is 10.7. The number of rotatable bonds is 1. The van der Waals surface area contributed by atoms with Crippen LogP contribution in [-0.2, 0) is 11.2 Å². The summed E-state index contributed by atoms with van der Waals surface area (Å²) in [7, 11) is 0. The zero-order chi connectivity index (χ0) is 12.4. The van der Waals surface area contributed by atoms with Gasteiger partial charge in [-0.05, 0) is 36.2 Å². The van der Waals surface area contributed by atoms with Crippen LogP contribution in [0.4, 0.5) is 5.95 Å². The summed E-state index contributed by atoms with van der Waals surface area (Å²) in [6.07, 6.45) is 1.03. The van der Waals surface area contributed by atoms with Crippen LogP contribution < -0.4 is 5.32 Å². The quantitative estimate of drug-likeness (QED) is 0.804. The lowest BCUT2D eigenvalue weighted by molar-refractivity contribution is -0.114. The van der Waals surface area contributed by atoms with Gasteiger partial charge in [0.25, 0.3) is 0 Å². The van der Waals surface area contributed by atoms with Crippen LogP contribution in [0, 0.1) is 18.3 Å². The average molecular weight is 231 g/mol. The highest BCUT2D eigenvalue weighted by Gasteiger charge is 2.63. The van der Waals surface area contributed by atoms with Gasteiger partial charge in [-0.2, -0.15) is 0 Å². The molecule has 0 radical (unpaired) electrons. The molecule has 17 heavy (non-hydrogen) atoms. The maximum absolute atomic E-state index is 11.0. The zero-order valence-electron chi connectivity index (χ0n) is 10.7. The minimum atomic E-state index is -0.118. The summed E-state index contributed by atoms with van der Waals surface area (Å²) in [4.78, 5) is 19.9. The van der Waals surface area contributed by atoms with Gasteiger partial charge in [-0.1, -0.05) is 13.8 Å². The normalized spacial score (nSPS) is 27.3. The number of hydrogen-bond donors (Lipinski definition) is 1. The van der Waals surface area contributed by atoms with Gasteiger partial charge in [0.15, 0.2) is 0 Å². The first kappa shape index (κ1) is 10.7. The van der Waals surface area contributed by atoms with Gasteiger partial charge < -0.3 is 0 Å². The molecule has 0 aliphatic heterocycles. The molecule has 2 aliphatic rings. The number of amides is 1. The second-order valence-electron chi connectivity index (χ2n) is 5.78. The lowest BCUT2D eigenvalue weighted by atomic mass is 9.97. The summed E-state index contributed by atoms with van der Waals surface area (Å²) in [6.45, 7) is 8.12. The average Bonchev–Trinajstić information content (AvgIpc) is 2.57. The number of nitrogens with one attached hydrogen (secondary N) is 1. The van der Waals surface area contributed by atoms with Crippen LogP contribution in [0.15, 0.2) is 0 Å². The van der Waals surface area contributed by atoms with E-state index in [9.17, 15) is 4.79 Å². The van der Waals surface area contributed by atoms with Gasteiger partial charge in [-0.15, -0.1) is 0 Å². The molecular formula is C13H17N3O. The van der Waals surface area contributed by atoms with E-state index < -0.39 is 0 Å². The third-order valence-electron chi connectivity index (χ3n) is 4.28. The van der Waals surface area contributed by atoms with Crippen LogP contribution >= 0.6 is 0 Å². The number of carbonyl (C=O) groups is 1. The summed E-state index contributed by atoms with van der Waals surface area (Å²) < 4.78 is 0. The molecule has 4 heteroatoms. The van der Waals surface area contributed by atoms with Gasteiger partial charge in [0.2, 0.25) is 11.9 Å². The fourth-order valence-electron chi connectivity index (χ4n) is 3.32. The number of aryl methyl sites for hydroxylation is 1. The summed E-state index contributed by atoms with van der Waals surface area (Å²) in [6, 6.07) is 0. The second-order valence-corrected chi connectivity index (χ2v) is 5.78. The predicted octanol–water partition coefficient (Wildman–Crippen LogP) is 2.04. The molecule has 1 amide bonds. The number of fused-ring (bicyclic) bond motifs is 3. The van der Waals surface area contributed by atoms with Crippen molar-refractivity contribution in [2.24, 2.45) is 11.3 Å². The van der Waals surface area contributed by atoms with Crippen LogP contribution in [0.25, 0.3) is 0 Å². The maximum atomic E-state index is 11.0. The molecule has 1 N–H and O–H groups in total. The fourth-order valence-corrected chi connectivity index (χ4v) is 3.32. The van der Waals surface area contributed by atoms with Crippen molar-refractivity contribution in [1.29, 1.82) is 0 Å². The van der Waals surface area contributed by atoms with Crippen molar-refractivity contribution in [3.05, 3.63) is 17.0 Å². The minimum Gasteiger partial charge on any atom is -0.295 e. The van der Waals surface area contributed by atoms with Crippen LogP contribution in [0.2, 0.25) is 0 Å². The molecule has 0 aromatic carbocycles. The lowest BCUT2D eigenvalue weighted by Gasteiger charge is -2.13. The topological polar surface area (TPSA) is 54.9 Å². The second kappa shape index (κ2) is 3.06. The molecule has 1 saturated carbocycles. The number of anilines is 1. The molecule has 4 nitrogen and oxygen atoms in total. The minimum absolute atomic E-state index is 0.118. The van der Waals surface area contributed by atoms with E-state index in [1.807, 2.05) is 6.92 Å². The van der Waals surface area contributed by atoms with Crippen molar-refractivity contribution in [1.82, 2.24) is 9.97 Å². The molecule has 0 spiro atoms. The van der Waals surface area contributed by atoms with E-state index in [1.54, 1.807) is 0 Å². The Morgan fingerprint density at radius 3 is 2.76 bits per heavy atom. The molecule has 3 rings (SSSR count). The number of hydrogen-bond acceptors (Lipinski definition) is 3. The monoisotopic (exact) mass is 231 g/mol. The van der Waals surface area contributed by atoms with Crippen molar-refractivity contribution in [3.63, 3.8) is 0 Å². The van der Waals surface area contributed by atoms with Gasteiger partial charge in [-0.25, -0.2) is 9.97 Å². The van der Waals surface area contributed by atoms with Gasteiger partial charge in [0.05, 0.1) is 5.69 Å². The van der Waals surface area contributed by atoms with E-state index in [2.05, 4.69) is 29.1 Å². The maximum Gasteiger partial charge on any atom is 0.229 e. The van der Waals surface area contributed by atoms with E-state index >= 15 is 0 Å². The Morgan fingerprint density at radius 2 is 2.12 bits per heavy atom. The SMILES string of the molecule is CC(=O)Nc1nc(C)c2c(n1)C[C@H]1[C@H]2C1(C)C. The Labute approximate surface area is 101 Å². The molecule has 0 saturated heterocycles. The van der Waals surface area contributed by atoms with Gasteiger partial charge >= 0.3 is 0 Å². The lowest BCUT2D eigenvalue weighted by Crippen LogP contribution is -2.13. The Kier molecular flexibility index (Phi) is 1.92. The fraction of sp³-hybridized carbons (Fsp3) is 0.615. The number of carbonyl (C=O) groups excluding carboxylic acids is 1. The van der Waals surface area contributed by atoms with E-state index in [1.165, 1.54) is 12.5 Å². The van der Waals surface area contributed by atoms with Crippen LogP contribution in [0.5, 0.6) is 0 Å². The molecule has 2 aliphatic carbocycles. The number of nitrogens with zero attached hydrogens (tertiary/aromatic N) is 2. The molecule has 1 aromatic rings. The van der Waals surface area contributed by atoms with Crippen molar-refractivity contribution < 1.29 is 4.79 Å². The first-order valence-electron chi connectivity index (χ1n) is 6.06. The van der Waals surface area contributed by atoms with E-state index in [0.717, 1.165) is 23.7 Å². The first-order chi connectivity index (χ1) is 7.91. The third kappa shape index (κ3) is 1.39. The third-order valence-corrected chi connectivity index (χ3v) is 4.28. The highest BCUT2D eigenvalue weighted by Crippen LogP contribution is 2.70.